The highest BCUT2D eigenvalue weighted by Crippen LogP contribution is 2.28. The number of carbonyl (C=O) groups is 2. The number of anilines is 1. The number of ether oxygens (including phenoxy) is 1. The van der Waals surface area contributed by atoms with E-state index in [1.54, 1.807) is 61.5 Å². The Morgan fingerprint density at radius 1 is 0.929 bits per heavy atom. The SMILES string of the molecule is CCOc1ccc(N(CC(=O)N(Cc2ccc(Cl)c(Cl)c2)C(C)C(=O)NCC(C)C)S(=O)(=O)c2ccc(C)cc2)cc1. The van der Waals surface area contributed by atoms with Gasteiger partial charge in [-0.2, -0.15) is 0 Å². The lowest BCUT2D eigenvalue weighted by atomic mass is 10.1. The number of sulfonamides is 1. The molecule has 2 amide bonds. The number of nitrogens with one attached hydrogen (secondary N) is 1. The fraction of sp³-hybridized carbons (Fsp3) is 0.355. The molecule has 0 saturated heterocycles. The molecular formula is C31H37Cl2N3O5S. The van der Waals surface area contributed by atoms with Crippen molar-refractivity contribution in [3.05, 3.63) is 87.9 Å². The van der Waals surface area contributed by atoms with Crippen LogP contribution in [0.3, 0.4) is 0 Å². The minimum absolute atomic E-state index is 0.00762. The summed E-state index contributed by atoms with van der Waals surface area (Å²) >= 11 is 12.3. The predicted molar refractivity (Wildman–Crippen MR) is 168 cm³/mol. The van der Waals surface area contributed by atoms with Crippen LogP contribution in [0, 0.1) is 12.8 Å². The van der Waals surface area contributed by atoms with E-state index in [4.69, 9.17) is 27.9 Å². The Kier molecular flexibility index (Phi) is 11.7. The fourth-order valence-corrected chi connectivity index (χ4v) is 5.85. The molecule has 11 heteroatoms. The smallest absolute Gasteiger partial charge is 0.264 e. The number of aryl methyl sites for hydroxylation is 1. The fourth-order valence-electron chi connectivity index (χ4n) is 4.11. The maximum Gasteiger partial charge on any atom is 0.264 e. The van der Waals surface area contributed by atoms with E-state index < -0.39 is 28.5 Å². The van der Waals surface area contributed by atoms with Crippen molar-refractivity contribution in [2.24, 2.45) is 5.92 Å². The zero-order valence-electron chi connectivity index (χ0n) is 24.4. The summed E-state index contributed by atoms with van der Waals surface area (Å²) in [6, 6.07) is 16.9. The van der Waals surface area contributed by atoms with Crippen LogP contribution in [0.15, 0.2) is 71.6 Å². The Morgan fingerprint density at radius 3 is 2.14 bits per heavy atom. The summed E-state index contributed by atoms with van der Waals surface area (Å²) in [4.78, 5) is 28.5. The molecule has 226 valence electrons. The van der Waals surface area contributed by atoms with Crippen LogP contribution < -0.4 is 14.4 Å². The molecule has 1 unspecified atom stereocenters. The van der Waals surface area contributed by atoms with Gasteiger partial charge in [-0.3, -0.25) is 13.9 Å². The first kappa shape index (κ1) is 33.2. The first-order chi connectivity index (χ1) is 19.8. The van der Waals surface area contributed by atoms with Gasteiger partial charge in [0.05, 0.1) is 27.2 Å². The summed E-state index contributed by atoms with van der Waals surface area (Å²) in [5.41, 5.74) is 1.81. The third-order valence-electron chi connectivity index (χ3n) is 6.51. The van der Waals surface area contributed by atoms with Gasteiger partial charge in [-0.05, 0) is 80.8 Å². The normalized spacial score (nSPS) is 12.1. The van der Waals surface area contributed by atoms with Crippen LogP contribution in [0.25, 0.3) is 0 Å². The zero-order chi connectivity index (χ0) is 31.0. The van der Waals surface area contributed by atoms with E-state index in [1.165, 1.54) is 17.0 Å². The molecule has 3 aromatic carbocycles. The molecule has 1 atom stereocenters. The minimum atomic E-state index is -4.17. The lowest BCUT2D eigenvalue weighted by molar-refractivity contribution is -0.139. The number of carbonyl (C=O) groups excluding carboxylic acids is 2. The largest absolute Gasteiger partial charge is 0.494 e. The van der Waals surface area contributed by atoms with Gasteiger partial charge in [0.1, 0.15) is 18.3 Å². The number of nitrogens with zero attached hydrogens (tertiary/aromatic N) is 2. The van der Waals surface area contributed by atoms with Crippen molar-refractivity contribution >= 4 is 50.7 Å². The van der Waals surface area contributed by atoms with Crippen molar-refractivity contribution in [2.75, 3.05) is 24.0 Å². The molecule has 8 nitrogen and oxygen atoms in total. The monoisotopic (exact) mass is 633 g/mol. The molecule has 0 spiro atoms. The van der Waals surface area contributed by atoms with E-state index in [1.807, 2.05) is 27.7 Å². The van der Waals surface area contributed by atoms with E-state index in [-0.39, 0.29) is 29.0 Å². The first-order valence-corrected chi connectivity index (χ1v) is 15.9. The van der Waals surface area contributed by atoms with Crippen molar-refractivity contribution < 1.29 is 22.7 Å². The van der Waals surface area contributed by atoms with Crippen LogP contribution in [-0.2, 0) is 26.2 Å². The lowest BCUT2D eigenvalue weighted by Crippen LogP contribution is -2.51. The van der Waals surface area contributed by atoms with Crippen LogP contribution in [-0.4, -0.2) is 50.9 Å². The van der Waals surface area contributed by atoms with E-state index >= 15 is 0 Å². The van der Waals surface area contributed by atoms with E-state index in [9.17, 15) is 18.0 Å². The second-order valence-corrected chi connectivity index (χ2v) is 13.0. The molecule has 0 aliphatic rings. The molecule has 0 radical (unpaired) electrons. The number of rotatable bonds is 13. The van der Waals surface area contributed by atoms with Gasteiger partial charge in [0.25, 0.3) is 10.0 Å². The second-order valence-electron chi connectivity index (χ2n) is 10.3. The van der Waals surface area contributed by atoms with Crippen molar-refractivity contribution in [2.45, 2.75) is 52.1 Å². The van der Waals surface area contributed by atoms with Gasteiger partial charge < -0.3 is 15.0 Å². The predicted octanol–water partition coefficient (Wildman–Crippen LogP) is 6.09. The van der Waals surface area contributed by atoms with E-state index in [0.717, 1.165) is 9.87 Å². The maximum atomic E-state index is 14.0. The van der Waals surface area contributed by atoms with E-state index in [0.29, 0.717) is 34.5 Å². The first-order valence-electron chi connectivity index (χ1n) is 13.7. The standard InChI is InChI=1S/C31H37Cl2N3O5S/c1-6-41-26-12-10-25(11-13-26)36(42(39,40)27-14-7-22(4)8-15-27)20-30(37)35(23(5)31(38)34-18-21(2)3)19-24-9-16-28(32)29(33)17-24/h7-17,21,23H,6,18-20H2,1-5H3,(H,34,38). The third kappa shape index (κ3) is 8.63. The molecule has 42 heavy (non-hydrogen) atoms. The summed E-state index contributed by atoms with van der Waals surface area (Å²) < 4.78 is 34.5. The van der Waals surface area contributed by atoms with Gasteiger partial charge in [-0.15, -0.1) is 0 Å². The Labute approximate surface area is 258 Å². The van der Waals surface area contributed by atoms with Gasteiger partial charge in [-0.25, -0.2) is 8.42 Å². The molecule has 3 rings (SSSR count). The van der Waals surface area contributed by atoms with Gasteiger partial charge in [0, 0.05) is 13.1 Å². The average Bonchev–Trinajstić information content (AvgIpc) is 2.95. The van der Waals surface area contributed by atoms with Crippen molar-refractivity contribution in [3.8, 4) is 5.75 Å². The molecule has 0 fully saturated rings. The van der Waals surface area contributed by atoms with Crippen molar-refractivity contribution in [3.63, 3.8) is 0 Å². The molecule has 0 saturated carbocycles. The highest BCUT2D eigenvalue weighted by atomic mass is 35.5. The molecule has 0 aliphatic heterocycles. The van der Waals surface area contributed by atoms with Crippen LogP contribution in [0.1, 0.15) is 38.8 Å². The molecule has 0 heterocycles. The van der Waals surface area contributed by atoms with Crippen LogP contribution in [0.2, 0.25) is 10.0 Å². The summed E-state index contributed by atoms with van der Waals surface area (Å²) in [6.07, 6.45) is 0. The molecule has 0 aromatic heterocycles. The van der Waals surface area contributed by atoms with Crippen molar-refractivity contribution in [1.29, 1.82) is 0 Å². The Hall–Kier alpha value is -3.27. The molecule has 1 N–H and O–H groups in total. The molecular weight excluding hydrogens is 597 g/mol. The number of amides is 2. The average molecular weight is 635 g/mol. The topological polar surface area (TPSA) is 96.0 Å². The number of halogens is 2. The number of benzene rings is 3. The molecule has 3 aromatic rings. The Balaban J connectivity index is 2.03. The van der Waals surface area contributed by atoms with Gasteiger partial charge in [0.2, 0.25) is 11.8 Å². The van der Waals surface area contributed by atoms with Crippen LogP contribution in [0.5, 0.6) is 5.75 Å². The lowest BCUT2D eigenvalue weighted by Gasteiger charge is -2.32. The van der Waals surface area contributed by atoms with Gasteiger partial charge in [0.15, 0.2) is 0 Å². The zero-order valence-corrected chi connectivity index (χ0v) is 26.8. The number of hydrogen-bond donors (Lipinski definition) is 1. The second kappa shape index (κ2) is 14.8. The van der Waals surface area contributed by atoms with Crippen LogP contribution >= 0.6 is 23.2 Å². The van der Waals surface area contributed by atoms with Gasteiger partial charge in [-0.1, -0.05) is 60.8 Å². The minimum Gasteiger partial charge on any atom is -0.494 e. The van der Waals surface area contributed by atoms with Crippen LogP contribution in [0.4, 0.5) is 5.69 Å². The summed E-state index contributed by atoms with van der Waals surface area (Å²) in [6.45, 7) is 9.59. The molecule has 0 bridgehead atoms. The van der Waals surface area contributed by atoms with Gasteiger partial charge >= 0.3 is 0 Å². The van der Waals surface area contributed by atoms with Crippen molar-refractivity contribution in [1.82, 2.24) is 10.2 Å². The highest BCUT2D eigenvalue weighted by Gasteiger charge is 2.32. The summed E-state index contributed by atoms with van der Waals surface area (Å²) in [7, 11) is -4.17. The maximum absolute atomic E-state index is 14.0. The highest BCUT2D eigenvalue weighted by molar-refractivity contribution is 7.92. The van der Waals surface area contributed by atoms with E-state index in [2.05, 4.69) is 5.32 Å². The third-order valence-corrected chi connectivity index (χ3v) is 9.04. The quantitative estimate of drug-likeness (QED) is 0.246. The number of hydrogen-bond acceptors (Lipinski definition) is 5. The Morgan fingerprint density at radius 2 is 1.57 bits per heavy atom. The molecule has 0 aliphatic carbocycles. The summed E-state index contributed by atoms with van der Waals surface area (Å²) in [5, 5.41) is 3.52. The summed E-state index contributed by atoms with van der Waals surface area (Å²) in [5.74, 6) is -0.156. The Bertz CT molecular complexity index is 1480.